The fourth-order valence-corrected chi connectivity index (χ4v) is 4.25. The molecular weight excluding hydrogens is 521 g/mol. The van der Waals surface area contributed by atoms with Gasteiger partial charge < -0.3 is 20.7 Å². The van der Waals surface area contributed by atoms with Crippen LogP contribution in [0.15, 0.2) is 47.3 Å². The lowest BCUT2D eigenvalue weighted by atomic mass is 9.92. The van der Waals surface area contributed by atoms with E-state index in [1.165, 1.54) is 12.1 Å². The Labute approximate surface area is 221 Å². The highest BCUT2D eigenvalue weighted by Gasteiger charge is 2.34. The average Bonchev–Trinajstić information content (AvgIpc) is 2.83. The van der Waals surface area contributed by atoms with Crippen molar-refractivity contribution in [2.75, 3.05) is 22.6 Å². The third-order valence-electron chi connectivity index (χ3n) is 5.51. The summed E-state index contributed by atoms with van der Waals surface area (Å²) in [7, 11) is 0. The molecule has 0 saturated heterocycles. The second-order valence-electron chi connectivity index (χ2n) is 8.32. The van der Waals surface area contributed by atoms with E-state index in [2.05, 4.69) is 25.9 Å². The lowest BCUT2D eigenvalue weighted by molar-refractivity contribution is -0.123. The SMILES string of the molecule is CCCCOC(=O)c1ccc(NC(=O)[C@@H]2CC(=O)Nc3nc(Nc4cc(Cl)cc(Cl)c4)[nH]c(=O)c32)cc1. The van der Waals surface area contributed by atoms with E-state index in [0.29, 0.717) is 33.6 Å². The second kappa shape index (κ2) is 11.4. The highest BCUT2D eigenvalue weighted by atomic mass is 35.5. The van der Waals surface area contributed by atoms with Crippen molar-refractivity contribution in [3.8, 4) is 0 Å². The number of nitrogens with zero attached hydrogens (tertiary/aromatic N) is 1. The zero-order valence-corrected chi connectivity index (χ0v) is 21.2. The van der Waals surface area contributed by atoms with Crippen molar-refractivity contribution >= 4 is 64.1 Å². The van der Waals surface area contributed by atoms with Crippen molar-refractivity contribution in [2.24, 2.45) is 0 Å². The third-order valence-corrected chi connectivity index (χ3v) is 5.95. The Hall–Kier alpha value is -3.89. The highest BCUT2D eigenvalue weighted by Crippen LogP contribution is 2.31. The number of nitrogens with one attached hydrogen (secondary N) is 4. The molecule has 1 aliphatic rings. The number of esters is 1. The lowest BCUT2D eigenvalue weighted by Crippen LogP contribution is -2.36. The summed E-state index contributed by atoms with van der Waals surface area (Å²) >= 11 is 12.0. The summed E-state index contributed by atoms with van der Waals surface area (Å²) in [5.41, 5.74) is 0.643. The van der Waals surface area contributed by atoms with Crippen LogP contribution in [0, 0.1) is 0 Å². The molecule has 37 heavy (non-hydrogen) atoms. The number of fused-ring (bicyclic) bond motifs is 1. The summed E-state index contributed by atoms with van der Waals surface area (Å²) in [4.78, 5) is 57.3. The predicted octanol–water partition coefficient (Wildman–Crippen LogP) is 4.84. The maximum Gasteiger partial charge on any atom is 0.338 e. The van der Waals surface area contributed by atoms with Crippen LogP contribution in [0.1, 0.15) is 48.0 Å². The monoisotopic (exact) mass is 543 g/mol. The minimum atomic E-state index is -1.08. The van der Waals surface area contributed by atoms with E-state index in [9.17, 15) is 19.2 Å². The molecule has 0 fully saturated rings. The van der Waals surface area contributed by atoms with Gasteiger partial charge in [-0.05, 0) is 48.9 Å². The van der Waals surface area contributed by atoms with Crippen molar-refractivity contribution in [1.29, 1.82) is 0 Å². The number of H-pyrrole nitrogens is 1. The first kappa shape index (κ1) is 26.2. The summed E-state index contributed by atoms with van der Waals surface area (Å²) in [5, 5.41) is 8.87. The Balaban J connectivity index is 1.51. The van der Waals surface area contributed by atoms with Gasteiger partial charge in [-0.15, -0.1) is 0 Å². The Morgan fingerprint density at radius 1 is 1.08 bits per heavy atom. The molecule has 0 spiro atoms. The number of ether oxygens (including phenoxy) is 1. The number of carbonyl (C=O) groups is 3. The number of rotatable bonds is 8. The molecule has 0 aliphatic carbocycles. The van der Waals surface area contributed by atoms with Crippen molar-refractivity contribution in [1.82, 2.24) is 9.97 Å². The number of carbonyl (C=O) groups excluding carboxylic acids is 3. The molecule has 0 unspecified atom stereocenters. The van der Waals surface area contributed by atoms with Crippen molar-refractivity contribution in [3.63, 3.8) is 0 Å². The van der Waals surface area contributed by atoms with Gasteiger partial charge in [-0.3, -0.25) is 19.4 Å². The molecule has 0 radical (unpaired) electrons. The van der Waals surface area contributed by atoms with Crippen LogP contribution in [0.4, 0.5) is 23.1 Å². The van der Waals surface area contributed by atoms with Crippen molar-refractivity contribution in [2.45, 2.75) is 32.1 Å². The van der Waals surface area contributed by atoms with E-state index in [1.807, 2.05) is 6.92 Å². The Bertz CT molecular complexity index is 1390. The smallest absolute Gasteiger partial charge is 0.338 e. The number of aromatic nitrogens is 2. The summed E-state index contributed by atoms with van der Waals surface area (Å²) in [5.74, 6) is -2.55. The number of benzene rings is 2. The Morgan fingerprint density at radius 2 is 1.78 bits per heavy atom. The molecule has 1 aromatic heterocycles. The quantitative estimate of drug-likeness (QED) is 0.235. The van der Waals surface area contributed by atoms with Gasteiger partial charge in [0.05, 0.1) is 23.7 Å². The first-order valence-electron chi connectivity index (χ1n) is 11.5. The maximum atomic E-state index is 13.1. The number of aromatic amines is 1. The molecule has 192 valence electrons. The summed E-state index contributed by atoms with van der Waals surface area (Å²) in [6, 6.07) is 10.9. The molecule has 10 nitrogen and oxygen atoms in total. The zero-order valence-electron chi connectivity index (χ0n) is 19.7. The third kappa shape index (κ3) is 6.46. The molecule has 1 atom stereocenters. The van der Waals surface area contributed by atoms with Crippen LogP contribution in [-0.4, -0.2) is 34.4 Å². The predicted molar refractivity (Wildman–Crippen MR) is 141 cm³/mol. The number of hydrogen-bond acceptors (Lipinski definition) is 7. The van der Waals surface area contributed by atoms with Gasteiger partial charge in [0.15, 0.2) is 0 Å². The highest BCUT2D eigenvalue weighted by molar-refractivity contribution is 6.35. The summed E-state index contributed by atoms with van der Waals surface area (Å²) in [6.07, 6.45) is 1.45. The van der Waals surface area contributed by atoms with Gasteiger partial charge in [-0.25, -0.2) is 4.79 Å². The summed E-state index contributed by atoms with van der Waals surface area (Å²) in [6.45, 7) is 2.33. The van der Waals surface area contributed by atoms with Crippen LogP contribution < -0.4 is 21.5 Å². The van der Waals surface area contributed by atoms with Gasteiger partial charge in [0.1, 0.15) is 5.82 Å². The van der Waals surface area contributed by atoms with E-state index < -0.39 is 29.3 Å². The molecule has 1 aliphatic heterocycles. The van der Waals surface area contributed by atoms with Gasteiger partial charge in [-0.2, -0.15) is 4.98 Å². The van der Waals surface area contributed by atoms with Gasteiger partial charge >= 0.3 is 5.97 Å². The number of anilines is 4. The van der Waals surface area contributed by atoms with Crippen LogP contribution in [0.2, 0.25) is 10.0 Å². The van der Waals surface area contributed by atoms with Crippen LogP contribution in [0.3, 0.4) is 0 Å². The fourth-order valence-electron chi connectivity index (χ4n) is 3.73. The molecule has 3 aromatic rings. The molecule has 2 heterocycles. The first-order valence-corrected chi connectivity index (χ1v) is 12.2. The fraction of sp³-hybridized carbons (Fsp3) is 0.240. The normalized spacial score (nSPS) is 14.4. The van der Waals surface area contributed by atoms with Crippen molar-refractivity contribution < 1.29 is 19.1 Å². The molecule has 12 heteroatoms. The number of hydrogen-bond donors (Lipinski definition) is 4. The maximum absolute atomic E-state index is 13.1. The lowest BCUT2D eigenvalue weighted by Gasteiger charge is -2.23. The van der Waals surface area contributed by atoms with Crippen LogP contribution in [0.25, 0.3) is 0 Å². The first-order chi connectivity index (χ1) is 17.7. The van der Waals surface area contributed by atoms with Gasteiger partial charge in [-0.1, -0.05) is 36.5 Å². The number of unbranched alkanes of at least 4 members (excludes halogenated alkanes) is 1. The zero-order chi connectivity index (χ0) is 26.5. The van der Waals surface area contributed by atoms with E-state index in [1.54, 1.807) is 30.3 Å². The van der Waals surface area contributed by atoms with E-state index in [0.717, 1.165) is 12.8 Å². The van der Waals surface area contributed by atoms with E-state index in [4.69, 9.17) is 27.9 Å². The number of halogens is 2. The minimum absolute atomic E-state index is 0.0269. The second-order valence-corrected chi connectivity index (χ2v) is 9.19. The van der Waals surface area contributed by atoms with Gasteiger partial charge in [0.25, 0.3) is 5.56 Å². The number of amides is 2. The molecular formula is C25H23Cl2N5O5. The van der Waals surface area contributed by atoms with Gasteiger partial charge in [0.2, 0.25) is 17.8 Å². The van der Waals surface area contributed by atoms with E-state index in [-0.39, 0.29) is 23.8 Å². The van der Waals surface area contributed by atoms with Crippen LogP contribution >= 0.6 is 23.2 Å². The topological polar surface area (TPSA) is 142 Å². The Morgan fingerprint density at radius 3 is 2.46 bits per heavy atom. The molecule has 2 amide bonds. The minimum Gasteiger partial charge on any atom is -0.462 e. The van der Waals surface area contributed by atoms with Crippen molar-refractivity contribution in [3.05, 3.63) is 74.0 Å². The van der Waals surface area contributed by atoms with Crippen LogP contribution in [0.5, 0.6) is 0 Å². The average molecular weight is 544 g/mol. The summed E-state index contributed by atoms with van der Waals surface area (Å²) < 4.78 is 5.17. The standard InChI is InChI=1S/C25H23Cl2N5O5/c1-2-3-8-37-24(36)13-4-6-16(7-5-13)28-22(34)18-12-19(33)30-21-20(18)23(35)32-25(31-21)29-17-10-14(26)9-15(27)11-17/h4-7,9-11,18H,2-3,8,12H2,1H3,(H,28,34)(H3,29,30,31,32,33,35)/t18-/m1/s1. The molecule has 0 saturated carbocycles. The van der Waals surface area contributed by atoms with Gasteiger partial charge in [0, 0.05) is 27.8 Å². The largest absolute Gasteiger partial charge is 0.462 e. The van der Waals surface area contributed by atoms with Crippen LogP contribution in [-0.2, 0) is 14.3 Å². The molecule has 2 aromatic carbocycles. The molecule has 4 N–H and O–H groups in total. The Kier molecular flexibility index (Phi) is 8.10. The molecule has 4 rings (SSSR count). The molecule has 0 bridgehead atoms. The van der Waals surface area contributed by atoms with E-state index >= 15 is 0 Å².